The molecule has 0 unspecified atom stereocenters. The fraction of sp³-hybridized carbons (Fsp3) is 0.300. The van der Waals surface area contributed by atoms with E-state index in [-0.39, 0.29) is 17.2 Å². The number of benzene rings is 2. The van der Waals surface area contributed by atoms with E-state index in [1.807, 2.05) is 6.07 Å². The third kappa shape index (κ3) is 6.80. The molecule has 29 heavy (non-hydrogen) atoms. The fourth-order valence-corrected chi connectivity index (χ4v) is 2.49. The SMILES string of the molecule is CCCCCOc1c(OC)cc(/C=N/NC(=O)Nc2ccccc2)cc1[N+](=O)[O-]. The minimum absolute atomic E-state index is 0.0838. The highest BCUT2D eigenvalue weighted by Gasteiger charge is 2.22. The summed E-state index contributed by atoms with van der Waals surface area (Å²) in [5.41, 5.74) is 3.08. The van der Waals surface area contributed by atoms with E-state index in [0.717, 1.165) is 19.3 Å². The molecule has 0 aliphatic rings. The van der Waals surface area contributed by atoms with Crippen LogP contribution in [0.2, 0.25) is 0 Å². The molecule has 9 nitrogen and oxygen atoms in total. The smallest absolute Gasteiger partial charge is 0.339 e. The maximum absolute atomic E-state index is 11.8. The zero-order chi connectivity index (χ0) is 21.1. The van der Waals surface area contributed by atoms with Crippen molar-refractivity contribution in [1.82, 2.24) is 5.43 Å². The standard InChI is InChI=1S/C20H24N4O5/c1-3-4-8-11-29-19-17(24(26)27)12-15(13-18(19)28-2)14-21-23-20(25)22-16-9-6-5-7-10-16/h5-7,9-10,12-14H,3-4,8,11H2,1-2H3,(H2,22,23,25)/b21-14+. The number of amides is 2. The second-order valence-electron chi connectivity index (χ2n) is 6.07. The Labute approximate surface area is 168 Å². The van der Waals surface area contributed by atoms with E-state index in [9.17, 15) is 14.9 Å². The van der Waals surface area contributed by atoms with Crippen LogP contribution >= 0.6 is 0 Å². The van der Waals surface area contributed by atoms with Gasteiger partial charge in [-0.05, 0) is 24.6 Å². The van der Waals surface area contributed by atoms with Crippen LogP contribution < -0.4 is 20.2 Å². The number of nitro groups is 1. The van der Waals surface area contributed by atoms with Gasteiger partial charge in [0.25, 0.3) is 0 Å². The number of ether oxygens (including phenoxy) is 2. The molecule has 154 valence electrons. The van der Waals surface area contributed by atoms with Crippen molar-refractivity contribution in [3.05, 3.63) is 58.1 Å². The minimum Gasteiger partial charge on any atom is -0.493 e. The van der Waals surface area contributed by atoms with E-state index >= 15 is 0 Å². The number of carbonyl (C=O) groups excluding carboxylic acids is 1. The number of urea groups is 1. The third-order valence-electron chi connectivity index (χ3n) is 3.88. The van der Waals surface area contributed by atoms with E-state index in [1.165, 1.54) is 19.4 Å². The minimum atomic E-state index is -0.537. The maximum atomic E-state index is 11.8. The number of hydrogen-bond donors (Lipinski definition) is 2. The molecule has 0 aliphatic carbocycles. The van der Waals surface area contributed by atoms with Gasteiger partial charge in [-0.25, -0.2) is 10.2 Å². The summed E-state index contributed by atoms with van der Waals surface area (Å²) in [5.74, 6) is 0.311. The first-order valence-electron chi connectivity index (χ1n) is 9.19. The van der Waals surface area contributed by atoms with E-state index in [2.05, 4.69) is 22.8 Å². The lowest BCUT2D eigenvalue weighted by molar-refractivity contribution is -0.386. The monoisotopic (exact) mass is 400 g/mol. The van der Waals surface area contributed by atoms with Crippen LogP contribution in [0.4, 0.5) is 16.2 Å². The molecule has 0 aliphatic heterocycles. The highest BCUT2D eigenvalue weighted by atomic mass is 16.6. The van der Waals surface area contributed by atoms with Gasteiger partial charge in [0.1, 0.15) is 0 Å². The quantitative estimate of drug-likeness (QED) is 0.267. The third-order valence-corrected chi connectivity index (χ3v) is 3.88. The molecule has 0 heterocycles. The second-order valence-corrected chi connectivity index (χ2v) is 6.07. The summed E-state index contributed by atoms with van der Waals surface area (Å²) in [5, 5.41) is 17.9. The van der Waals surface area contributed by atoms with Crippen LogP contribution in [0.5, 0.6) is 11.5 Å². The van der Waals surface area contributed by atoms with E-state index in [4.69, 9.17) is 9.47 Å². The summed E-state index contributed by atoms with van der Waals surface area (Å²) in [6, 6.07) is 11.2. The van der Waals surface area contributed by atoms with Crippen LogP contribution in [0.25, 0.3) is 0 Å². The van der Waals surface area contributed by atoms with Crippen molar-refractivity contribution >= 4 is 23.6 Å². The van der Waals surface area contributed by atoms with E-state index < -0.39 is 11.0 Å². The van der Waals surface area contributed by atoms with Gasteiger partial charge in [-0.3, -0.25) is 10.1 Å². The van der Waals surface area contributed by atoms with Crippen molar-refractivity contribution in [3.63, 3.8) is 0 Å². The Balaban J connectivity index is 2.09. The summed E-state index contributed by atoms with van der Waals surface area (Å²) >= 11 is 0. The first-order valence-corrected chi connectivity index (χ1v) is 9.19. The van der Waals surface area contributed by atoms with E-state index in [1.54, 1.807) is 30.3 Å². The molecule has 0 fully saturated rings. The van der Waals surface area contributed by atoms with Crippen LogP contribution in [0.3, 0.4) is 0 Å². The number of hydrazone groups is 1. The van der Waals surface area contributed by atoms with Crippen molar-refractivity contribution in [2.24, 2.45) is 5.10 Å². The highest BCUT2D eigenvalue weighted by Crippen LogP contribution is 2.38. The molecule has 0 radical (unpaired) electrons. The number of unbranched alkanes of at least 4 members (excludes halogenated alkanes) is 2. The second kappa shape index (κ2) is 11.3. The largest absolute Gasteiger partial charge is 0.493 e. The number of carbonyl (C=O) groups is 1. The molecule has 2 N–H and O–H groups in total. The molecule has 0 saturated carbocycles. The van der Waals surface area contributed by atoms with Crippen molar-refractivity contribution in [3.8, 4) is 11.5 Å². The maximum Gasteiger partial charge on any atom is 0.339 e. The molecule has 0 spiro atoms. The number of anilines is 1. The van der Waals surface area contributed by atoms with Crippen LogP contribution in [0, 0.1) is 10.1 Å². The predicted molar refractivity (Wildman–Crippen MR) is 111 cm³/mol. The highest BCUT2D eigenvalue weighted by molar-refractivity contribution is 5.90. The molecule has 0 aromatic heterocycles. The Morgan fingerprint density at radius 1 is 1.24 bits per heavy atom. The molecule has 2 rings (SSSR count). The lowest BCUT2D eigenvalue weighted by Gasteiger charge is -2.11. The van der Waals surface area contributed by atoms with Crippen molar-refractivity contribution in [2.45, 2.75) is 26.2 Å². The molecule has 9 heteroatoms. The summed E-state index contributed by atoms with van der Waals surface area (Å²) < 4.78 is 10.8. The zero-order valence-corrected chi connectivity index (χ0v) is 16.4. The van der Waals surface area contributed by atoms with Gasteiger partial charge < -0.3 is 14.8 Å². The Hall–Kier alpha value is -3.62. The molecule has 0 saturated heterocycles. The molecular weight excluding hydrogens is 376 g/mol. The normalized spacial score (nSPS) is 10.6. The van der Waals surface area contributed by atoms with Gasteiger partial charge in [0, 0.05) is 17.3 Å². The van der Waals surface area contributed by atoms with Gasteiger partial charge in [-0.15, -0.1) is 0 Å². The number of para-hydroxylation sites is 1. The molecular formula is C20H24N4O5. The molecule has 0 atom stereocenters. The summed E-state index contributed by atoms with van der Waals surface area (Å²) in [6.07, 6.45) is 4.07. The molecule has 0 bridgehead atoms. The number of nitrogens with one attached hydrogen (secondary N) is 2. The van der Waals surface area contributed by atoms with Crippen molar-refractivity contribution in [1.29, 1.82) is 0 Å². The van der Waals surface area contributed by atoms with Gasteiger partial charge in [0.2, 0.25) is 5.75 Å². The van der Waals surface area contributed by atoms with E-state index in [0.29, 0.717) is 17.9 Å². The molecule has 2 aromatic rings. The summed E-state index contributed by atoms with van der Waals surface area (Å²) in [6.45, 7) is 2.42. The number of rotatable bonds is 10. The van der Waals surface area contributed by atoms with Crippen molar-refractivity contribution in [2.75, 3.05) is 19.0 Å². The van der Waals surface area contributed by atoms with Gasteiger partial charge >= 0.3 is 11.7 Å². The van der Waals surface area contributed by atoms with Crippen molar-refractivity contribution < 1.29 is 19.2 Å². The van der Waals surface area contributed by atoms with Gasteiger partial charge in [-0.2, -0.15) is 5.10 Å². The topological polar surface area (TPSA) is 115 Å². The number of hydrogen-bond acceptors (Lipinski definition) is 6. The Kier molecular flexibility index (Phi) is 8.43. The van der Waals surface area contributed by atoms with Crippen LogP contribution in [0.1, 0.15) is 31.7 Å². The molecule has 2 aromatic carbocycles. The predicted octanol–water partition coefficient (Wildman–Crippen LogP) is 4.33. The average molecular weight is 400 g/mol. The number of nitrogens with zero attached hydrogens (tertiary/aromatic N) is 2. The van der Waals surface area contributed by atoms with Gasteiger partial charge in [0.05, 0.1) is 24.9 Å². The zero-order valence-electron chi connectivity index (χ0n) is 16.4. The summed E-state index contributed by atoms with van der Waals surface area (Å²) in [4.78, 5) is 22.8. The summed E-state index contributed by atoms with van der Waals surface area (Å²) in [7, 11) is 1.41. The van der Waals surface area contributed by atoms with Crippen LogP contribution in [-0.2, 0) is 0 Å². The lowest BCUT2D eigenvalue weighted by atomic mass is 10.2. The molecule has 2 amide bonds. The average Bonchev–Trinajstić information content (AvgIpc) is 2.72. The Morgan fingerprint density at radius 2 is 2.00 bits per heavy atom. The lowest BCUT2D eigenvalue weighted by Crippen LogP contribution is -2.24. The number of methoxy groups -OCH3 is 1. The Bertz CT molecular complexity index is 855. The number of nitro benzene ring substituents is 1. The first kappa shape index (κ1) is 21.7. The van der Waals surface area contributed by atoms with Crippen LogP contribution in [0.15, 0.2) is 47.6 Å². The fourth-order valence-electron chi connectivity index (χ4n) is 2.49. The Morgan fingerprint density at radius 3 is 2.66 bits per heavy atom. The van der Waals surface area contributed by atoms with Gasteiger partial charge in [0.15, 0.2) is 5.75 Å². The van der Waals surface area contributed by atoms with Gasteiger partial charge in [-0.1, -0.05) is 38.0 Å². The van der Waals surface area contributed by atoms with Crippen LogP contribution in [-0.4, -0.2) is 30.9 Å². The first-order chi connectivity index (χ1) is 14.0.